The Morgan fingerprint density at radius 2 is 1.75 bits per heavy atom. The van der Waals surface area contributed by atoms with Crippen molar-refractivity contribution in [1.29, 1.82) is 0 Å². The van der Waals surface area contributed by atoms with Crippen LogP contribution in [-0.2, 0) is 19.8 Å². The lowest BCUT2D eigenvalue weighted by Gasteiger charge is -2.22. The lowest BCUT2D eigenvalue weighted by atomic mass is 9.85. The summed E-state index contributed by atoms with van der Waals surface area (Å²) in [4.78, 5) is 39.3. The molecule has 1 aromatic carbocycles. The molecule has 0 unspecified atom stereocenters. The molecule has 6 heteroatoms. The van der Waals surface area contributed by atoms with E-state index in [0.717, 1.165) is 16.9 Å². The molecule has 2 bridgehead atoms. The Morgan fingerprint density at radius 1 is 1.14 bits per heavy atom. The van der Waals surface area contributed by atoms with Crippen LogP contribution in [0.25, 0.3) is 0 Å². The van der Waals surface area contributed by atoms with Crippen LogP contribution < -0.4 is 10.1 Å². The van der Waals surface area contributed by atoms with Crippen LogP contribution in [0.15, 0.2) is 30.4 Å². The van der Waals surface area contributed by atoms with E-state index in [1.807, 2.05) is 30.4 Å². The van der Waals surface area contributed by atoms with E-state index in [-0.39, 0.29) is 47.4 Å². The van der Waals surface area contributed by atoms with Crippen molar-refractivity contribution in [1.82, 2.24) is 4.90 Å². The molecule has 2 aliphatic carbocycles. The van der Waals surface area contributed by atoms with Gasteiger partial charge >= 0.3 is 0 Å². The largest absolute Gasteiger partial charge is 0.495 e. The fraction of sp³-hybridized carbons (Fsp3) is 0.500. The van der Waals surface area contributed by atoms with Crippen molar-refractivity contribution >= 4 is 23.4 Å². The van der Waals surface area contributed by atoms with Gasteiger partial charge < -0.3 is 10.1 Å². The number of fused-ring (bicyclic) bond motifs is 5. The SMILES string of the molecule is COc1ccc(C(C)(C)C)cc1NC(=O)CN1C(=O)[C@H]2[C@H](C1=O)[C@H]1C=C[C@H]2C1. The van der Waals surface area contributed by atoms with Gasteiger partial charge in [0.25, 0.3) is 0 Å². The van der Waals surface area contributed by atoms with Crippen molar-refractivity contribution in [2.45, 2.75) is 32.6 Å². The number of carbonyl (C=O) groups is 3. The molecule has 1 aliphatic heterocycles. The Hall–Kier alpha value is -2.63. The van der Waals surface area contributed by atoms with Gasteiger partial charge in [-0.3, -0.25) is 19.3 Å². The molecule has 4 atom stereocenters. The first kappa shape index (κ1) is 18.7. The highest BCUT2D eigenvalue weighted by atomic mass is 16.5. The molecule has 0 aromatic heterocycles. The van der Waals surface area contributed by atoms with Crippen LogP contribution in [-0.4, -0.2) is 36.3 Å². The summed E-state index contributed by atoms with van der Waals surface area (Å²) in [5.74, 6) is -0.560. The number of hydrogen-bond acceptors (Lipinski definition) is 4. The molecular formula is C22H26N2O4. The number of likely N-dealkylation sites (tertiary alicyclic amines) is 1. The van der Waals surface area contributed by atoms with Gasteiger partial charge in [0.1, 0.15) is 12.3 Å². The lowest BCUT2D eigenvalue weighted by molar-refractivity contribution is -0.143. The number of amides is 3. The number of allylic oxidation sites excluding steroid dienone is 2. The predicted molar refractivity (Wildman–Crippen MR) is 105 cm³/mol. The highest BCUT2D eigenvalue weighted by Gasteiger charge is 2.59. The smallest absolute Gasteiger partial charge is 0.244 e. The molecule has 0 spiro atoms. The molecule has 6 nitrogen and oxygen atoms in total. The van der Waals surface area contributed by atoms with Crippen molar-refractivity contribution in [2.24, 2.45) is 23.7 Å². The molecule has 28 heavy (non-hydrogen) atoms. The number of methoxy groups -OCH3 is 1. The Balaban J connectivity index is 1.50. The van der Waals surface area contributed by atoms with Crippen molar-refractivity contribution < 1.29 is 19.1 Å². The normalized spacial score (nSPS) is 28.1. The van der Waals surface area contributed by atoms with Gasteiger partial charge in [0.15, 0.2) is 0 Å². The molecule has 0 radical (unpaired) electrons. The minimum Gasteiger partial charge on any atom is -0.495 e. The molecular weight excluding hydrogens is 356 g/mol. The zero-order chi connectivity index (χ0) is 20.2. The summed E-state index contributed by atoms with van der Waals surface area (Å²) >= 11 is 0. The summed E-state index contributed by atoms with van der Waals surface area (Å²) in [5, 5.41) is 2.82. The van der Waals surface area contributed by atoms with Crippen molar-refractivity contribution in [3.63, 3.8) is 0 Å². The van der Waals surface area contributed by atoms with Gasteiger partial charge in [0.05, 0.1) is 24.6 Å². The number of nitrogens with zero attached hydrogens (tertiary/aromatic N) is 1. The number of nitrogens with one attached hydrogen (secondary N) is 1. The molecule has 1 N–H and O–H groups in total. The fourth-order valence-corrected chi connectivity index (χ4v) is 4.73. The topological polar surface area (TPSA) is 75.7 Å². The third-order valence-electron chi connectivity index (χ3n) is 6.20. The van der Waals surface area contributed by atoms with Gasteiger partial charge in [0, 0.05) is 0 Å². The summed E-state index contributed by atoms with van der Waals surface area (Å²) in [6.07, 6.45) is 4.97. The molecule has 4 rings (SSSR count). The van der Waals surface area contributed by atoms with Gasteiger partial charge in [0.2, 0.25) is 17.7 Å². The quantitative estimate of drug-likeness (QED) is 0.642. The monoisotopic (exact) mass is 382 g/mol. The number of benzene rings is 1. The van der Waals surface area contributed by atoms with E-state index in [2.05, 4.69) is 26.1 Å². The highest BCUT2D eigenvalue weighted by molar-refractivity contribution is 6.09. The minimum absolute atomic E-state index is 0.0869. The second-order valence-corrected chi connectivity index (χ2v) is 8.98. The van der Waals surface area contributed by atoms with Crippen LogP contribution in [0.1, 0.15) is 32.8 Å². The summed E-state index contributed by atoms with van der Waals surface area (Å²) in [5.41, 5.74) is 1.51. The molecule has 1 saturated carbocycles. The molecule has 1 aromatic rings. The van der Waals surface area contributed by atoms with E-state index in [1.54, 1.807) is 7.11 Å². The van der Waals surface area contributed by atoms with Crippen LogP contribution >= 0.6 is 0 Å². The maximum absolute atomic E-state index is 12.8. The fourth-order valence-electron chi connectivity index (χ4n) is 4.73. The first-order valence-corrected chi connectivity index (χ1v) is 9.72. The standard InChI is InChI=1S/C22H26N2O4/c1-22(2,3)14-7-8-16(28-4)15(10-14)23-17(25)11-24-20(26)18-12-5-6-13(9-12)19(18)21(24)27/h5-8,10,12-13,18-19H,9,11H2,1-4H3,(H,23,25)/t12-,13-,18+,19+/m0/s1. The van der Waals surface area contributed by atoms with E-state index in [4.69, 9.17) is 4.74 Å². The van der Waals surface area contributed by atoms with E-state index in [1.165, 1.54) is 0 Å². The third-order valence-corrected chi connectivity index (χ3v) is 6.20. The van der Waals surface area contributed by atoms with Crippen LogP contribution in [0.4, 0.5) is 5.69 Å². The predicted octanol–water partition coefficient (Wildman–Crippen LogP) is 2.74. The summed E-state index contributed by atoms with van der Waals surface area (Å²) in [7, 11) is 1.54. The van der Waals surface area contributed by atoms with Crippen LogP contribution in [0, 0.1) is 23.7 Å². The Morgan fingerprint density at radius 3 is 2.29 bits per heavy atom. The maximum atomic E-state index is 12.8. The summed E-state index contributed by atoms with van der Waals surface area (Å²) < 4.78 is 5.35. The van der Waals surface area contributed by atoms with Gasteiger partial charge in [-0.15, -0.1) is 0 Å². The molecule has 3 amide bonds. The highest BCUT2D eigenvalue weighted by Crippen LogP contribution is 2.52. The summed E-state index contributed by atoms with van der Waals surface area (Å²) in [6.45, 7) is 6.00. The van der Waals surface area contributed by atoms with Gasteiger partial charge in [-0.1, -0.05) is 39.0 Å². The average Bonchev–Trinajstić information content (AvgIpc) is 3.31. The van der Waals surface area contributed by atoms with Crippen molar-refractivity contribution in [3.05, 3.63) is 35.9 Å². The van der Waals surface area contributed by atoms with Gasteiger partial charge in [-0.2, -0.15) is 0 Å². The Bertz CT molecular complexity index is 853. The van der Waals surface area contributed by atoms with E-state index in [9.17, 15) is 14.4 Å². The van der Waals surface area contributed by atoms with Crippen molar-refractivity contribution in [3.8, 4) is 5.75 Å². The van der Waals surface area contributed by atoms with Crippen LogP contribution in [0.3, 0.4) is 0 Å². The summed E-state index contributed by atoms with van der Waals surface area (Å²) in [6, 6.07) is 5.66. The molecule has 2 fully saturated rings. The molecule has 148 valence electrons. The first-order chi connectivity index (χ1) is 13.2. The molecule has 3 aliphatic rings. The average molecular weight is 382 g/mol. The van der Waals surface area contributed by atoms with E-state index >= 15 is 0 Å². The second kappa shape index (κ2) is 6.47. The first-order valence-electron chi connectivity index (χ1n) is 9.72. The number of rotatable bonds is 4. The Labute approximate surface area is 164 Å². The molecule has 1 saturated heterocycles. The van der Waals surface area contributed by atoms with Gasteiger partial charge in [-0.05, 0) is 41.4 Å². The van der Waals surface area contributed by atoms with Gasteiger partial charge in [-0.25, -0.2) is 0 Å². The third kappa shape index (κ3) is 2.91. The minimum atomic E-state index is -0.397. The maximum Gasteiger partial charge on any atom is 0.244 e. The zero-order valence-corrected chi connectivity index (χ0v) is 16.7. The number of hydrogen-bond donors (Lipinski definition) is 1. The van der Waals surface area contributed by atoms with E-state index < -0.39 is 5.91 Å². The van der Waals surface area contributed by atoms with E-state index in [0.29, 0.717) is 11.4 Å². The van der Waals surface area contributed by atoms with Crippen LogP contribution in [0.2, 0.25) is 0 Å². The Kier molecular flexibility index (Phi) is 4.32. The zero-order valence-electron chi connectivity index (χ0n) is 16.7. The number of carbonyl (C=O) groups excluding carboxylic acids is 3. The number of imide groups is 1. The lowest BCUT2D eigenvalue weighted by Crippen LogP contribution is -2.39. The number of ether oxygens (including phenoxy) is 1. The number of anilines is 1. The molecule has 1 heterocycles. The van der Waals surface area contributed by atoms with Crippen LogP contribution in [0.5, 0.6) is 5.75 Å². The van der Waals surface area contributed by atoms with Crippen molar-refractivity contribution in [2.75, 3.05) is 19.0 Å². The second-order valence-electron chi connectivity index (χ2n) is 8.98.